The maximum Gasteiger partial charge on any atom is 0.214 e. The van der Waals surface area contributed by atoms with Gasteiger partial charge < -0.3 is 0 Å². The smallest absolute Gasteiger partial charge is 0.214 e. The van der Waals surface area contributed by atoms with Crippen LogP contribution in [0, 0.1) is 0 Å². The van der Waals surface area contributed by atoms with Crippen LogP contribution in [0.4, 0.5) is 0 Å². The van der Waals surface area contributed by atoms with Gasteiger partial charge in [-0.15, -0.1) is 0 Å². The van der Waals surface area contributed by atoms with Gasteiger partial charge in [0.1, 0.15) is 0 Å². The highest BCUT2D eigenvalue weighted by Crippen LogP contribution is 2.01. The van der Waals surface area contributed by atoms with E-state index in [-0.39, 0.29) is 5.25 Å². The number of hydrogen-bond acceptors (Lipinski definition) is 2. The third-order valence-corrected chi connectivity index (χ3v) is 3.53. The monoisotopic (exact) mass is 165 g/mol. The first-order chi connectivity index (χ1) is 4.54. The van der Waals surface area contributed by atoms with Crippen LogP contribution in [-0.4, -0.2) is 20.2 Å². The minimum Gasteiger partial charge on any atom is -0.215 e. The molecule has 0 fully saturated rings. The van der Waals surface area contributed by atoms with Gasteiger partial charge in [0.05, 0.1) is 5.25 Å². The summed E-state index contributed by atoms with van der Waals surface area (Å²) < 4.78 is 24.5. The Morgan fingerprint density at radius 1 is 1.40 bits per heavy atom. The summed E-state index contributed by atoms with van der Waals surface area (Å²) in [4.78, 5) is 0. The van der Waals surface area contributed by atoms with Gasteiger partial charge in [0.2, 0.25) is 10.0 Å². The predicted octanol–water partition coefficient (Wildman–Crippen LogP) is 0.724. The minimum atomic E-state index is -3.01. The van der Waals surface area contributed by atoms with Gasteiger partial charge in [0.25, 0.3) is 0 Å². The highest BCUT2D eigenvalue weighted by atomic mass is 32.2. The highest BCUT2D eigenvalue weighted by molar-refractivity contribution is 7.90. The van der Waals surface area contributed by atoms with E-state index in [4.69, 9.17) is 0 Å². The Balaban J connectivity index is 4.12. The molecule has 0 heterocycles. The molecule has 0 rings (SSSR count). The first-order valence-electron chi connectivity index (χ1n) is 3.53. The molecular formula is C6H15NO2S. The average Bonchev–Trinajstić information content (AvgIpc) is 1.86. The third kappa shape index (κ3) is 2.66. The van der Waals surface area contributed by atoms with Crippen molar-refractivity contribution < 1.29 is 8.42 Å². The van der Waals surface area contributed by atoms with Crippen LogP contribution in [-0.2, 0) is 10.0 Å². The molecule has 10 heavy (non-hydrogen) atoms. The molecule has 0 aromatic carbocycles. The van der Waals surface area contributed by atoms with Crippen molar-refractivity contribution in [2.24, 2.45) is 0 Å². The molecular weight excluding hydrogens is 150 g/mol. The van der Waals surface area contributed by atoms with E-state index in [0.29, 0.717) is 13.0 Å². The van der Waals surface area contributed by atoms with E-state index < -0.39 is 10.0 Å². The van der Waals surface area contributed by atoms with Gasteiger partial charge >= 0.3 is 0 Å². The van der Waals surface area contributed by atoms with E-state index in [0.717, 1.165) is 0 Å². The van der Waals surface area contributed by atoms with E-state index in [1.165, 1.54) is 0 Å². The highest BCUT2D eigenvalue weighted by Gasteiger charge is 2.16. The van der Waals surface area contributed by atoms with Crippen LogP contribution in [0.25, 0.3) is 0 Å². The Morgan fingerprint density at radius 2 is 1.90 bits per heavy atom. The topological polar surface area (TPSA) is 46.2 Å². The fourth-order valence-corrected chi connectivity index (χ4v) is 1.69. The largest absolute Gasteiger partial charge is 0.215 e. The molecule has 0 aliphatic rings. The first kappa shape index (κ1) is 9.91. The normalized spacial score (nSPS) is 15.1. The second kappa shape index (κ2) is 3.93. The molecule has 0 aromatic rings. The van der Waals surface area contributed by atoms with Gasteiger partial charge in [0.15, 0.2) is 0 Å². The molecule has 0 bridgehead atoms. The number of sulfonamides is 1. The zero-order valence-corrected chi connectivity index (χ0v) is 7.53. The molecule has 1 N–H and O–H groups in total. The molecule has 0 spiro atoms. The van der Waals surface area contributed by atoms with E-state index in [1.54, 1.807) is 13.8 Å². The summed E-state index contributed by atoms with van der Waals surface area (Å²) in [7, 11) is -3.01. The molecule has 0 amide bonds. The van der Waals surface area contributed by atoms with Crippen LogP contribution in [0.2, 0.25) is 0 Å². The Kier molecular flexibility index (Phi) is 3.89. The van der Waals surface area contributed by atoms with Gasteiger partial charge in [-0.1, -0.05) is 13.8 Å². The standard InChI is InChI=1S/C6H15NO2S/c1-4-6(3)10(8,9)7-5-2/h6-7H,4-5H2,1-3H3. The zero-order chi connectivity index (χ0) is 8.20. The first-order valence-corrected chi connectivity index (χ1v) is 5.07. The summed E-state index contributed by atoms with van der Waals surface area (Å²) in [5.41, 5.74) is 0. The maximum absolute atomic E-state index is 11.1. The molecule has 1 atom stereocenters. The molecule has 0 saturated carbocycles. The Hall–Kier alpha value is -0.0900. The van der Waals surface area contributed by atoms with Crippen molar-refractivity contribution in [1.29, 1.82) is 0 Å². The van der Waals surface area contributed by atoms with E-state index in [1.807, 2.05) is 6.92 Å². The number of nitrogens with one attached hydrogen (secondary N) is 1. The molecule has 0 aliphatic carbocycles. The lowest BCUT2D eigenvalue weighted by Gasteiger charge is -2.09. The molecule has 4 heteroatoms. The molecule has 0 saturated heterocycles. The summed E-state index contributed by atoms with van der Waals surface area (Å²) >= 11 is 0. The lowest BCUT2D eigenvalue weighted by atomic mass is 10.4. The number of hydrogen-bond donors (Lipinski definition) is 1. The molecule has 1 unspecified atom stereocenters. The van der Waals surface area contributed by atoms with Crippen molar-refractivity contribution >= 4 is 10.0 Å². The summed E-state index contributed by atoms with van der Waals surface area (Å²) in [6.07, 6.45) is 0.662. The average molecular weight is 165 g/mol. The fourth-order valence-electron chi connectivity index (χ4n) is 0.563. The number of rotatable bonds is 4. The van der Waals surface area contributed by atoms with Crippen LogP contribution in [0.1, 0.15) is 27.2 Å². The SMILES string of the molecule is CCNS(=O)(=O)C(C)CC. The van der Waals surface area contributed by atoms with E-state index >= 15 is 0 Å². The lowest BCUT2D eigenvalue weighted by molar-refractivity contribution is 0.568. The van der Waals surface area contributed by atoms with Crippen LogP contribution in [0.15, 0.2) is 0 Å². The second-order valence-corrected chi connectivity index (χ2v) is 4.45. The second-order valence-electron chi connectivity index (χ2n) is 2.26. The van der Waals surface area contributed by atoms with Crippen LogP contribution in [0.3, 0.4) is 0 Å². The van der Waals surface area contributed by atoms with E-state index in [9.17, 15) is 8.42 Å². The van der Waals surface area contributed by atoms with Crippen molar-refractivity contribution in [1.82, 2.24) is 4.72 Å². The van der Waals surface area contributed by atoms with Crippen molar-refractivity contribution in [2.45, 2.75) is 32.4 Å². The van der Waals surface area contributed by atoms with Gasteiger partial charge in [-0.05, 0) is 13.3 Å². The third-order valence-electron chi connectivity index (χ3n) is 1.45. The van der Waals surface area contributed by atoms with Crippen molar-refractivity contribution in [3.05, 3.63) is 0 Å². The van der Waals surface area contributed by atoms with E-state index in [2.05, 4.69) is 4.72 Å². The van der Waals surface area contributed by atoms with Crippen LogP contribution < -0.4 is 4.72 Å². The fraction of sp³-hybridized carbons (Fsp3) is 1.00. The molecule has 0 aliphatic heterocycles. The summed E-state index contributed by atoms with van der Waals surface area (Å²) in [5, 5.41) is -0.271. The van der Waals surface area contributed by atoms with Gasteiger partial charge in [-0.25, -0.2) is 13.1 Å². The van der Waals surface area contributed by atoms with Crippen molar-refractivity contribution in [3.63, 3.8) is 0 Å². The summed E-state index contributed by atoms with van der Waals surface area (Å²) in [6, 6.07) is 0. The van der Waals surface area contributed by atoms with Crippen molar-refractivity contribution in [2.75, 3.05) is 6.54 Å². The maximum atomic E-state index is 11.1. The van der Waals surface area contributed by atoms with Gasteiger partial charge in [0, 0.05) is 6.54 Å². The Bertz CT molecular complexity index is 174. The predicted molar refractivity (Wildman–Crippen MR) is 42.3 cm³/mol. The minimum absolute atomic E-state index is 0.271. The van der Waals surface area contributed by atoms with Crippen molar-refractivity contribution in [3.8, 4) is 0 Å². The zero-order valence-electron chi connectivity index (χ0n) is 6.72. The Labute approximate surface area is 62.9 Å². The van der Waals surface area contributed by atoms with Gasteiger partial charge in [-0.2, -0.15) is 0 Å². The molecule has 0 aromatic heterocycles. The molecule has 3 nitrogen and oxygen atoms in total. The van der Waals surface area contributed by atoms with Gasteiger partial charge in [-0.3, -0.25) is 0 Å². The summed E-state index contributed by atoms with van der Waals surface area (Å²) in [5.74, 6) is 0. The summed E-state index contributed by atoms with van der Waals surface area (Å²) in [6.45, 7) is 5.82. The molecule has 62 valence electrons. The lowest BCUT2D eigenvalue weighted by Crippen LogP contribution is -2.31. The molecule has 0 radical (unpaired) electrons. The van der Waals surface area contributed by atoms with Crippen LogP contribution in [0.5, 0.6) is 0 Å². The van der Waals surface area contributed by atoms with Crippen LogP contribution >= 0.6 is 0 Å². The Morgan fingerprint density at radius 3 is 2.20 bits per heavy atom. The quantitative estimate of drug-likeness (QED) is 0.667.